The number of aliphatic hydroxyl groups is 1. The van der Waals surface area contributed by atoms with Crippen LogP contribution in [0.1, 0.15) is 66.2 Å². The van der Waals surface area contributed by atoms with Crippen molar-refractivity contribution in [1.29, 1.82) is 0 Å². The van der Waals surface area contributed by atoms with Crippen LogP contribution in [0.3, 0.4) is 0 Å². The van der Waals surface area contributed by atoms with Gasteiger partial charge in [-0.05, 0) is 52.9 Å². The number of ether oxygens (including phenoxy) is 1. The van der Waals surface area contributed by atoms with Crippen LogP contribution in [-0.4, -0.2) is 28.5 Å². The van der Waals surface area contributed by atoms with Crippen LogP contribution in [0.15, 0.2) is 0 Å². The average Bonchev–Trinajstić information content (AvgIpc) is 2.75. The molecule has 1 aliphatic rings. The first-order valence-corrected chi connectivity index (χ1v) is 7.38. The lowest BCUT2D eigenvalue weighted by molar-refractivity contribution is -0.269. The highest BCUT2D eigenvalue weighted by Crippen LogP contribution is 2.45. The molecule has 1 aliphatic carbocycles. The Kier molecular flexibility index (Phi) is 5.03. The van der Waals surface area contributed by atoms with Gasteiger partial charge in [0.15, 0.2) is 5.60 Å². The van der Waals surface area contributed by atoms with Gasteiger partial charge < -0.3 is 9.84 Å². The fourth-order valence-corrected chi connectivity index (χ4v) is 2.54. The Balaban J connectivity index is 2.93. The Labute approximate surface area is 123 Å². The molecule has 1 fully saturated rings. The number of rotatable bonds is 5. The van der Waals surface area contributed by atoms with E-state index in [1.807, 2.05) is 6.92 Å². The summed E-state index contributed by atoms with van der Waals surface area (Å²) in [5.41, 5.74) is -4.80. The van der Waals surface area contributed by atoms with Crippen LogP contribution in [0.4, 0.5) is 13.2 Å². The average molecular weight is 310 g/mol. The third-order valence-corrected chi connectivity index (χ3v) is 4.54. The zero-order valence-electron chi connectivity index (χ0n) is 13.1. The van der Waals surface area contributed by atoms with Crippen molar-refractivity contribution in [1.82, 2.24) is 0 Å². The van der Waals surface area contributed by atoms with Crippen LogP contribution < -0.4 is 0 Å². The zero-order chi connectivity index (χ0) is 16.5. The van der Waals surface area contributed by atoms with E-state index in [9.17, 15) is 23.1 Å². The van der Waals surface area contributed by atoms with Crippen molar-refractivity contribution in [2.24, 2.45) is 5.41 Å². The molecule has 0 bridgehead atoms. The molecule has 21 heavy (non-hydrogen) atoms. The molecule has 1 atom stereocenters. The maximum Gasteiger partial charge on any atom is 0.417 e. The van der Waals surface area contributed by atoms with Crippen molar-refractivity contribution in [2.45, 2.75) is 83.6 Å². The largest absolute Gasteiger partial charge is 0.459 e. The van der Waals surface area contributed by atoms with Gasteiger partial charge in [0.1, 0.15) is 5.60 Å². The van der Waals surface area contributed by atoms with E-state index in [4.69, 9.17) is 4.74 Å². The first kappa shape index (κ1) is 18.3. The van der Waals surface area contributed by atoms with Gasteiger partial charge in [-0.3, -0.25) is 4.79 Å². The fraction of sp³-hybridized carbons (Fsp3) is 0.933. The molecular weight excluding hydrogens is 285 g/mol. The summed E-state index contributed by atoms with van der Waals surface area (Å²) < 4.78 is 44.2. The normalized spacial score (nSPS) is 21.9. The number of hydrogen-bond donors (Lipinski definition) is 1. The van der Waals surface area contributed by atoms with Crippen LogP contribution in [-0.2, 0) is 9.53 Å². The van der Waals surface area contributed by atoms with E-state index < -0.39 is 35.2 Å². The zero-order valence-corrected chi connectivity index (χ0v) is 13.1. The van der Waals surface area contributed by atoms with Crippen LogP contribution >= 0.6 is 0 Å². The van der Waals surface area contributed by atoms with Gasteiger partial charge in [-0.2, -0.15) is 13.2 Å². The predicted octanol–water partition coefficient (Wildman–Crippen LogP) is 3.98. The molecule has 0 aliphatic heterocycles. The summed E-state index contributed by atoms with van der Waals surface area (Å²) >= 11 is 0. The number of alkyl halides is 3. The van der Waals surface area contributed by atoms with Gasteiger partial charge in [-0.15, -0.1) is 0 Å². The molecule has 0 spiro atoms. The van der Waals surface area contributed by atoms with Gasteiger partial charge >= 0.3 is 12.1 Å². The lowest BCUT2D eigenvalue weighted by atomic mass is 9.85. The highest BCUT2D eigenvalue weighted by Gasteiger charge is 2.56. The smallest absolute Gasteiger partial charge is 0.417 e. The number of esters is 1. The Bertz CT molecular complexity index is 380. The maximum absolute atomic E-state index is 12.9. The van der Waals surface area contributed by atoms with E-state index in [-0.39, 0.29) is 0 Å². The topological polar surface area (TPSA) is 46.5 Å². The third kappa shape index (κ3) is 4.11. The summed E-state index contributed by atoms with van der Waals surface area (Å²) in [6.45, 7) is 5.99. The molecule has 1 unspecified atom stereocenters. The van der Waals surface area contributed by atoms with Crippen molar-refractivity contribution < 1.29 is 27.8 Å². The molecule has 0 saturated heterocycles. The van der Waals surface area contributed by atoms with Crippen LogP contribution in [0.5, 0.6) is 0 Å². The molecule has 0 heterocycles. The molecule has 0 aromatic carbocycles. The molecule has 124 valence electrons. The predicted molar refractivity (Wildman–Crippen MR) is 72.7 cm³/mol. The van der Waals surface area contributed by atoms with Gasteiger partial charge in [0.05, 0.1) is 5.41 Å². The molecule has 6 heteroatoms. The lowest BCUT2D eigenvalue weighted by Gasteiger charge is -2.38. The highest BCUT2D eigenvalue weighted by atomic mass is 19.4. The molecule has 0 aromatic rings. The van der Waals surface area contributed by atoms with Gasteiger partial charge in [-0.1, -0.05) is 6.92 Å². The molecule has 1 N–H and O–H groups in total. The van der Waals surface area contributed by atoms with Crippen LogP contribution in [0.2, 0.25) is 0 Å². The second-order valence-corrected chi connectivity index (χ2v) is 6.97. The Morgan fingerprint density at radius 2 is 1.67 bits per heavy atom. The fourth-order valence-electron chi connectivity index (χ4n) is 2.54. The number of carbonyl (C=O) groups excluding carboxylic acids is 1. The lowest BCUT2D eigenvalue weighted by Crippen LogP contribution is -2.50. The Morgan fingerprint density at radius 3 is 2.05 bits per heavy atom. The number of hydrogen-bond acceptors (Lipinski definition) is 3. The minimum absolute atomic E-state index is 0.366. The summed E-state index contributed by atoms with van der Waals surface area (Å²) in [6, 6.07) is 0. The van der Waals surface area contributed by atoms with E-state index in [0.717, 1.165) is 6.92 Å². The quantitative estimate of drug-likeness (QED) is 0.781. The molecule has 1 rings (SSSR count). The van der Waals surface area contributed by atoms with Crippen molar-refractivity contribution in [3.63, 3.8) is 0 Å². The second-order valence-electron chi connectivity index (χ2n) is 6.97. The first-order valence-electron chi connectivity index (χ1n) is 7.38. The van der Waals surface area contributed by atoms with E-state index in [2.05, 4.69) is 0 Å². The van der Waals surface area contributed by atoms with Crippen molar-refractivity contribution in [3.8, 4) is 0 Å². The SMILES string of the molecule is CCC(C)(C)C(=O)OC1(CC(C)(O)C(F)(F)F)CCCC1. The van der Waals surface area contributed by atoms with Crippen molar-refractivity contribution in [3.05, 3.63) is 0 Å². The molecule has 0 amide bonds. The summed E-state index contributed by atoms with van der Waals surface area (Å²) in [7, 11) is 0. The van der Waals surface area contributed by atoms with Gasteiger partial charge in [-0.25, -0.2) is 0 Å². The molecule has 1 saturated carbocycles. The van der Waals surface area contributed by atoms with E-state index in [0.29, 0.717) is 32.1 Å². The highest BCUT2D eigenvalue weighted by molar-refractivity contribution is 5.76. The number of halogens is 3. The molecular formula is C15H25F3O3. The summed E-state index contributed by atoms with van der Waals surface area (Å²) in [4.78, 5) is 12.2. The molecule has 0 radical (unpaired) electrons. The van der Waals surface area contributed by atoms with Gasteiger partial charge in [0.2, 0.25) is 0 Å². The Morgan fingerprint density at radius 1 is 1.19 bits per heavy atom. The van der Waals surface area contributed by atoms with Gasteiger partial charge in [0.25, 0.3) is 0 Å². The summed E-state index contributed by atoms with van der Waals surface area (Å²) in [5, 5.41) is 9.73. The van der Waals surface area contributed by atoms with E-state index >= 15 is 0 Å². The van der Waals surface area contributed by atoms with E-state index in [1.54, 1.807) is 13.8 Å². The molecule has 0 aromatic heterocycles. The maximum atomic E-state index is 12.9. The first-order chi connectivity index (χ1) is 9.35. The van der Waals surface area contributed by atoms with Gasteiger partial charge in [0, 0.05) is 6.42 Å². The standard InChI is InChI=1S/C15H25F3O3/c1-5-12(2,3)11(19)21-14(8-6-7-9-14)10-13(4,20)15(16,17)18/h20H,5-10H2,1-4H3. The summed E-state index contributed by atoms with van der Waals surface area (Å²) in [6.07, 6.45) is -2.67. The van der Waals surface area contributed by atoms with Crippen LogP contribution in [0, 0.1) is 5.41 Å². The van der Waals surface area contributed by atoms with E-state index in [1.165, 1.54) is 0 Å². The Hall–Kier alpha value is -0.780. The minimum atomic E-state index is -4.74. The monoisotopic (exact) mass is 310 g/mol. The summed E-state index contributed by atoms with van der Waals surface area (Å²) in [5.74, 6) is -0.495. The third-order valence-electron chi connectivity index (χ3n) is 4.54. The van der Waals surface area contributed by atoms with Crippen molar-refractivity contribution in [2.75, 3.05) is 0 Å². The van der Waals surface area contributed by atoms with Crippen LogP contribution in [0.25, 0.3) is 0 Å². The second kappa shape index (κ2) is 5.78. The number of carbonyl (C=O) groups is 1. The molecule has 3 nitrogen and oxygen atoms in total. The minimum Gasteiger partial charge on any atom is -0.459 e. The van der Waals surface area contributed by atoms with Crippen molar-refractivity contribution >= 4 is 5.97 Å².